The Kier molecular flexibility index (Phi) is 17.0. The quantitative estimate of drug-likeness (QED) is 0.0332. The first kappa shape index (κ1) is 43.7. The minimum atomic E-state index is -2.03. The summed E-state index contributed by atoms with van der Waals surface area (Å²) in [6.07, 6.45) is 16.0. The average Bonchev–Trinajstić information content (AvgIpc) is 3.59. The van der Waals surface area contributed by atoms with E-state index in [1.165, 1.54) is 6.07 Å². The number of halogens is 1. The first-order valence-electron chi connectivity index (χ1n) is 22.3. The molecule has 0 unspecified atom stereocenters. The molecule has 1 aliphatic heterocycles. The molecule has 0 bridgehead atoms. The van der Waals surface area contributed by atoms with E-state index in [2.05, 4.69) is 71.0 Å². The van der Waals surface area contributed by atoms with Gasteiger partial charge < -0.3 is 0 Å². The molecule has 1 aliphatic rings. The predicted molar refractivity (Wildman–Crippen MR) is 243 cm³/mol. The van der Waals surface area contributed by atoms with Crippen LogP contribution in [-0.2, 0) is 8.56 Å². The molecular formula is C50H65FNO5Se. The van der Waals surface area contributed by atoms with Gasteiger partial charge in [0.25, 0.3) is 0 Å². The molecule has 0 atom stereocenters. The van der Waals surface area contributed by atoms with Crippen LogP contribution >= 0.6 is 0 Å². The number of hydrogen-bond acceptors (Lipinski definition) is 6. The van der Waals surface area contributed by atoms with Crippen molar-refractivity contribution < 1.29 is 27.2 Å². The number of ether oxygens (including phenoxy) is 4. The number of benzene rings is 5. The van der Waals surface area contributed by atoms with Crippen molar-refractivity contribution in [1.29, 1.82) is 0 Å². The van der Waals surface area contributed by atoms with Gasteiger partial charge in [-0.2, -0.15) is 0 Å². The fourth-order valence-corrected chi connectivity index (χ4v) is 11.0. The van der Waals surface area contributed by atoms with Gasteiger partial charge >= 0.3 is 332 Å². The number of aliphatic imine (C=N–C) groups is 1. The van der Waals surface area contributed by atoms with Gasteiger partial charge in [0.2, 0.25) is 0 Å². The summed E-state index contributed by atoms with van der Waals surface area (Å²) in [6, 6.07) is 20.0. The molecule has 1 heterocycles. The molecule has 0 amide bonds. The van der Waals surface area contributed by atoms with Gasteiger partial charge in [0.15, 0.2) is 0 Å². The zero-order chi connectivity index (χ0) is 40.7. The first-order chi connectivity index (χ1) is 28.5. The Labute approximate surface area is 351 Å². The zero-order valence-electron chi connectivity index (χ0n) is 35.7. The molecule has 0 aliphatic carbocycles. The van der Waals surface area contributed by atoms with E-state index in [-0.39, 0.29) is 5.82 Å². The number of rotatable bonds is 25. The maximum absolute atomic E-state index is 15.1. The first-order valence-corrected chi connectivity index (χ1v) is 24.7. The van der Waals surface area contributed by atoms with Crippen molar-refractivity contribution >= 4 is 61.5 Å². The van der Waals surface area contributed by atoms with Crippen molar-refractivity contribution in [2.24, 2.45) is 4.99 Å². The van der Waals surface area contributed by atoms with Gasteiger partial charge in [0.05, 0.1) is 0 Å². The molecule has 5 aromatic carbocycles. The van der Waals surface area contributed by atoms with Crippen LogP contribution in [0.1, 0.15) is 131 Å². The second-order valence-electron chi connectivity index (χ2n) is 15.5. The molecule has 8 heteroatoms. The van der Waals surface area contributed by atoms with E-state index in [1.807, 2.05) is 6.07 Å². The third-order valence-corrected chi connectivity index (χ3v) is 14.3. The Morgan fingerprint density at radius 3 is 1.71 bits per heavy atom. The van der Waals surface area contributed by atoms with E-state index in [0.717, 1.165) is 172 Å². The van der Waals surface area contributed by atoms with Crippen LogP contribution in [-0.4, -0.2) is 52.1 Å². The van der Waals surface area contributed by atoms with Crippen molar-refractivity contribution in [2.75, 3.05) is 33.0 Å². The average molecular weight is 858 g/mol. The van der Waals surface area contributed by atoms with Gasteiger partial charge in [-0.25, -0.2) is 0 Å². The van der Waals surface area contributed by atoms with Crippen LogP contribution in [0.15, 0.2) is 65.7 Å². The fraction of sp³-hybridized carbons (Fsp3) is 0.500. The molecule has 0 N–H and O–H groups in total. The summed E-state index contributed by atoms with van der Waals surface area (Å²) in [6.45, 7) is 14.2. The van der Waals surface area contributed by atoms with Crippen LogP contribution in [0.3, 0.4) is 0 Å². The van der Waals surface area contributed by atoms with Crippen LogP contribution < -0.4 is 18.7 Å². The monoisotopic (exact) mass is 858 g/mol. The third-order valence-electron chi connectivity index (χ3n) is 10.8. The van der Waals surface area contributed by atoms with Crippen LogP contribution in [0.5, 0.6) is 17.2 Å². The minimum absolute atomic E-state index is 0.276. The summed E-state index contributed by atoms with van der Waals surface area (Å²) in [7, 11) is 0. The second kappa shape index (κ2) is 22.5. The van der Waals surface area contributed by atoms with Gasteiger partial charge in [-0.3, -0.25) is 0 Å². The Hall–Kier alpha value is -3.84. The number of unbranched alkanes of at least 4 members (excludes halogenated alkanes) is 10. The molecule has 6 nitrogen and oxygen atoms in total. The van der Waals surface area contributed by atoms with Gasteiger partial charge in [0.1, 0.15) is 0 Å². The van der Waals surface area contributed by atoms with Crippen molar-refractivity contribution in [3.63, 3.8) is 0 Å². The summed E-state index contributed by atoms with van der Waals surface area (Å²) in [4.78, 5) is 6.13. The number of hydrogen-bond donors (Lipinski definition) is 0. The molecule has 58 heavy (non-hydrogen) atoms. The van der Waals surface area contributed by atoms with Gasteiger partial charge in [-0.1, -0.05) is 20.3 Å². The molecule has 5 aromatic rings. The van der Waals surface area contributed by atoms with E-state index in [4.69, 9.17) is 27.8 Å². The van der Waals surface area contributed by atoms with Crippen LogP contribution in [0.2, 0.25) is 0 Å². The Balaban J connectivity index is 1.66. The van der Waals surface area contributed by atoms with E-state index in [1.54, 1.807) is 12.1 Å². The van der Waals surface area contributed by atoms with E-state index in [0.29, 0.717) is 33.0 Å². The molecule has 0 fully saturated rings. The molecule has 0 saturated heterocycles. The zero-order valence-corrected chi connectivity index (χ0v) is 37.4. The molecule has 6 rings (SSSR count). The van der Waals surface area contributed by atoms with Crippen LogP contribution in [0.4, 0.5) is 10.1 Å². The molecular weight excluding hydrogens is 793 g/mol. The Morgan fingerprint density at radius 1 is 0.517 bits per heavy atom. The Bertz CT molecular complexity index is 2130. The van der Waals surface area contributed by atoms with E-state index >= 15 is 4.39 Å². The summed E-state index contributed by atoms with van der Waals surface area (Å²) in [5.74, 6) is 1.98. The Morgan fingerprint density at radius 2 is 1.09 bits per heavy atom. The SMILES string of the molecule is CCCCCOC1=Nc2c(ccc3c4c(-c5cccc(F)c5)cc(OCCCCC)cc4c4cc(OCCCCC)c(OCCCCC)cc4c23)[Se]1OCCCCC. The normalized spacial score (nSPS) is 12.8. The number of nitrogens with zero attached hydrogens (tertiary/aromatic N) is 1. The second-order valence-corrected chi connectivity index (χ2v) is 18.8. The summed E-state index contributed by atoms with van der Waals surface area (Å²) in [5.41, 5.74) is 2.63. The summed E-state index contributed by atoms with van der Waals surface area (Å²) < 4.78 is 49.3. The van der Waals surface area contributed by atoms with Gasteiger partial charge in [0, 0.05) is 0 Å². The topological polar surface area (TPSA) is 58.5 Å². The number of fused-ring (bicyclic) bond motifs is 8. The molecule has 1 radical (unpaired) electrons. The van der Waals surface area contributed by atoms with Crippen LogP contribution in [0, 0.1) is 5.82 Å². The third kappa shape index (κ3) is 10.7. The van der Waals surface area contributed by atoms with Crippen molar-refractivity contribution in [3.8, 4) is 28.4 Å². The molecule has 313 valence electrons. The molecule has 0 spiro atoms. The molecule has 0 saturated carbocycles. The summed E-state index contributed by atoms with van der Waals surface area (Å²) in [5, 5.41) is 6.17. The maximum atomic E-state index is 15.1. The fourth-order valence-electron chi connectivity index (χ4n) is 7.66. The predicted octanol–water partition coefficient (Wildman–Crippen LogP) is 13.9. The van der Waals surface area contributed by atoms with E-state index in [9.17, 15) is 0 Å². The van der Waals surface area contributed by atoms with E-state index < -0.39 is 14.2 Å². The van der Waals surface area contributed by atoms with Crippen LogP contribution in [0.25, 0.3) is 43.4 Å². The van der Waals surface area contributed by atoms with Gasteiger partial charge in [-0.05, 0) is 0 Å². The molecule has 0 aromatic heterocycles. The van der Waals surface area contributed by atoms with Crippen molar-refractivity contribution in [1.82, 2.24) is 0 Å². The van der Waals surface area contributed by atoms with Crippen molar-refractivity contribution in [3.05, 3.63) is 66.5 Å². The van der Waals surface area contributed by atoms with Crippen molar-refractivity contribution in [2.45, 2.75) is 131 Å². The van der Waals surface area contributed by atoms with Gasteiger partial charge in [-0.15, -0.1) is 0 Å². The standard InChI is InChI=1S/C50H65FNO5Se/c1-6-11-16-26-53-38-32-40(36-22-21-23-37(51)31-36)47-39-24-25-46-49(52-50(56-29-19-14-9-4)58(46)57-30-20-15-10-5)48(39)43-35-45(55-28-18-13-8-3)44(54-27-17-12-7-2)34-41(43)42(47)33-38/h21-25,31-35H,6-20,26-30H2,1-5H3. The summed E-state index contributed by atoms with van der Waals surface area (Å²) >= 11 is -2.03.